The van der Waals surface area contributed by atoms with Gasteiger partial charge in [0.2, 0.25) is 0 Å². The van der Waals surface area contributed by atoms with Crippen LogP contribution in [-0.2, 0) is 12.5 Å². The summed E-state index contributed by atoms with van der Waals surface area (Å²) in [5.41, 5.74) is 3.53. The number of hydrogen-bond donors (Lipinski definition) is 3. The maximum atomic E-state index is 12.8. The zero-order valence-electron chi connectivity index (χ0n) is 17.9. The Labute approximate surface area is 182 Å². The molecule has 31 heavy (non-hydrogen) atoms. The maximum absolute atomic E-state index is 12.8. The van der Waals surface area contributed by atoms with E-state index in [4.69, 9.17) is 0 Å². The van der Waals surface area contributed by atoms with Crippen LogP contribution in [0.3, 0.4) is 0 Å². The molecule has 0 radical (unpaired) electrons. The van der Waals surface area contributed by atoms with E-state index < -0.39 is 0 Å². The normalized spacial score (nSPS) is 11.6. The first-order chi connectivity index (χ1) is 14.6. The third kappa shape index (κ3) is 4.06. The van der Waals surface area contributed by atoms with Crippen molar-refractivity contribution in [3.05, 3.63) is 52.4 Å². The van der Waals surface area contributed by atoms with E-state index in [1.54, 1.807) is 24.0 Å². The predicted molar refractivity (Wildman–Crippen MR) is 121 cm³/mol. The van der Waals surface area contributed by atoms with Gasteiger partial charge in [-0.05, 0) is 24.6 Å². The molecule has 10 heteroatoms. The molecule has 0 fully saturated rings. The second-order valence-corrected chi connectivity index (χ2v) is 9.35. The predicted octanol–water partition coefficient (Wildman–Crippen LogP) is 3.86. The number of anilines is 2. The number of carbonyl (C=O) groups is 2. The third-order valence-corrected chi connectivity index (χ3v) is 5.81. The Morgan fingerprint density at radius 2 is 1.90 bits per heavy atom. The Morgan fingerprint density at radius 3 is 2.61 bits per heavy atom. The van der Waals surface area contributed by atoms with Gasteiger partial charge in [-0.1, -0.05) is 38.2 Å². The summed E-state index contributed by atoms with van der Waals surface area (Å²) in [7, 11) is 1.73. The van der Waals surface area contributed by atoms with Crippen LogP contribution in [0.4, 0.5) is 10.8 Å². The van der Waals surface area contributed by atoms with Crippen molar-refractivity contribution in [3.8, 4) is 0 Å². The first-order valence-corrected chi connectivity index (χ1v) is 10.5. The van der Waals surface area contributed by atoms with Crippen LogP contribution in [0.1, 0.15) is 52.2 Å². The molecule has 0 atom stereocenters. The van der Waals surface area contributed by atoms with Gasteiger partial charge in [0.1, 0.15) is 10.6 Å². The molecule has 4 rings (SSSR count). The minimum Gasteiger partial charge on any atom is -0.320 e. The molecular weight excluding hydrogens is 414 g/mol. The molecule has 3 aromatic heterocycles. The van der Waals surface area contributed by atoms with Crippen molar-refractivity contribution in [2.24, 2.45) is 7.05 Å². The number of carbonyl (C=O) groups excluding carboxylic acids is 2. The lowest BCUT2D eigenvalue weighted by Gasteiger charge is -2.13. The van der Waals surface area contributed by atoms with Crippen molar-refractivity contribution >= 4 is 44.9 Å². The lowest BCUT2D eigenvalue weighted by atomic mass is 9.92. The van der Waals surface area contributed by atoms with Gasteiger partial charge >= 0.3 is 0 Å². The first kappa shape index (κ1) is 20.7. The first-order valence-electron chi connectivity index (χ1n) is 9.69. The third-order valence-electron chi connectivity index (χ3n) is 4.90. The average molecular weight is 438 g/mol. The van der Waals surface area contributed by atoms with Gasteiger partial charge < -0.3 is 5.32 Å². The van der Waals surface area contributed by atoms with E-state index >= 15 is 0 Å². The summed E-state index contributed by atoms with van der Waals surface area (Å²) in [5, 5.41) is 18.2. The number of aryl methyl sites for hydroxylation is 2. The molecule has 0 aliphatic rings. The molecule has 0 spiro atoms. The molecule has 2 amide bonds. The molecule has 0 aliphatic carbocycles. The summed E-state index contributed by atoms with van der Waals surface area (Å²) in [6.07, 6.45) is 3.13. The van der Waals surface area contributed by atoms with E-state index in [2.05, 4.69) is 30.9 Å². The van der Waals surface area contributed by atoms with E-state index in [9.17, 15) is 9.59 Å². The van der Waals surface area contributed by atoms with Crippen LogP contribution in [0.2, 0.25) is 0 Å². The second-order valence-electron chi connectivity index (χ2n) is 8.32. The molecule has 0 bridgehead atoms. The van der Waals surface area contributed by atoms with Crippen LogP contribution in [0.5, 0.6) is 0 Å². The fourth-order valence-corrected chi connectivity index (χ4v) is 3.82. The molecule has 3 N–H and O–H groups in total. The van der Waals surface area contributed by atoms with Crippen LogP contribution in [0, 0.1) is 6.92 Å². The quantitative estimate of drug-likeness (QED) is 0.448. The highest BCUT2D eigenvalue weighted by atomic mass is 32.1. The fourth-order valence-electron chi connectivity index (χ4n) is 3.11. The Balaban J connectivity index is 1.50. The topological polar surface area (TPSA) is 118 Å². The number of aromatic nitrogens is 5. The summed E-state index contributed by atoms with van der Waals surface area (Å²) in [4.78, 5) is 30.0. The fraction of sp³-hybridized carbons (Fsp3) is 0.286. The molecule has 4 aromatic rings. The van der Waals surface area contributed by atoms with Crippen molar-refractivity contribution < 1.29 is 9.59 Å². The van der Waals surface area contributed by atoms with Crippen LogP contribution in [-0.4, -0.2) is 36.8 Å². The molecule has 3 heterocycles. The number of nitrogens with zero attached hydrogens (tertiary/aromatic N) is 4. The summed E-state index contributed by atoms with van der Waals surface area (Å²) in [6, 6.07) is 5.59. The van der Waals surface area contributed by atoms with Gasteiger partial charge in [-0.25, -0.2) is 4.98 Å². The minimum atomic E-state index is -0.328. The number of rotatable bonds is 4. The highest BCUT2D eigenvalue weighted by molar-refractivity contribution is 7.17. The molecule has 0 aliphatic heterocycles. The van der Waals surface area contributed by atoms with Gasteiger partial charge in [-0.2, -0.15) is 10.2 Å². The van der Waals surface area contributed by atoms with Crippen LogP contribution in [0.15, 0.2) is 30.6 Å². The number of benzene rings is 1. The van der Waals surface area contributed by atoms with E-state index in [0.717, 1.165) is 33.5 Å². The molecule has 0 saturated heterocycles. The molecule has 0 unspecified atom stereocenters. The van der Waals surface area contributed by atoms with Gasteiger partial charge in [-0.15, -0.1) is 0 Å². The van der Waals surface area contributed by atoms with Gasteiger partial charge in [0.25, 0.3) is 11.8 Å². The van der Waals surface area contributed by atoms with Crippen molar-refractivity contribution in [2.75, 3.05) is 10.6 Å². The zero-order valence-corrected chi connectivity index (χ0v) is 18.7. The van der Waals surface area contributed by atoms with E-state index in [-0.39, 0.29) is 17.2 Å². The number of aromatic amines is 1. The SMILES string of the molecule is Cc1ccc2[nH]ncc2c1NC(=O)c1cnc(NC(=O)c2cc(C(C)(C)C)nn2C)s1. The van der Waals surface area contributed by atoms with Crippen molar-refractivity contribution in [1.82, 2.24) is 25.0 Å². The maximum Gasteiger partial charge on any atom is 0.275 e. The van der Waals surface area contributed by atoms with E-state index in [1.807, 2.05) is 39.8 Å². The van der Waals surface area contributed by atoms with E-state index in [0.29, 0.717) is 21.4 Å². The van der Waals surface area contributed by atoms with Crippen molar-refractivity contribution in [3.63, 3.8) is 0 Å². The molecule has 1 aromatic carbocycles. The summed E-state index contributed by atoms with van der Waals surface area (Å²) >= 11 is 1.11. The Hall–Kier alpha value is -3.53. The summed E-state index contributed by atoms with van der Waals surface area (Å²) < 4.78 is 1.55. The number of hydrogen-bond acceptors (Lipinski definition) is 6. The van der Waals surface area contributed by atoms with Gasteiger partial charge in [0.15, 0.2) is 5.13 Å². The Bertz CT molecular complexity index is 1290. The molecule has 0 saturated carbocycles. The van der Waals surface area contributed by atoms with Crippen molar-refractivity contribution in [1.29, 1.82) is 0 Å². The molecular formula is C21H23N7O2S. The number of amides is 2. The van der Waals surface area contributed by atoms with Crippen LogP contribution >= 0.6 is 11.3 Å². The van der Waals surface area contributed by atoms with Gasteiger partial charge in [0.05, 0.1) is 29.3 Å². The van der Waals surface area contributed by atoms with E-state index in [1.165, 1.54) is 6.20 Å². The minimum absolute atomic E-state index is 0.168. The van der Waals surface area contributed by atoms with Gasteiger partial charge in [0, 0.05) is 17.8 Å². The number of thiazole rings is 1. The van der Waals surface area contributed by atoms with Crippen molar-refractivity contribution in [2.45, 2.75) is 33.1 Å². The highest BCUT2D eigenvalue weighted by Crippen LogP contribution is 2.28. The molecule has 160 valence electrons. The largest absolute Gasteiger partial charge is 0.320 e. The lowest BCUT2D eigenvalue weighted by molar-refractivity contribution is 0.101. The summed E-state index contributed by atoms with van der Waals surface area (Å²) in [6.45, 7) is 8.03. The second kappa shape index (κ2) is 7.62. The number of fused-ring (bicyclic) bond motifs is 1. The Kier molecular flexibility index (Phi) is 5.10. The van der Waals surface area contributed by atoms with Crippen LogP contribution < -0.4 is 10.6 Å². The standard InChI is InChI=1S/C21H23N7O2S/c1-11-6-7-13-12(9-23-26-13)17(11)24-19(30)15-10-22-20(31-15)25-18(29)14-8-16(21(2,3)4)27-28(14)5/h6-10H,1-5H3,(H,23,26)(H,24,30)(H,22,25,29). The van der Waals surface area contributed by atoms with Crippen LogP contribution in [0.25, 0.3) is 10.9 Å². The number of nitrogens with one attached hydrogen (secondary N) is 3. The lowest BCUT2D eigenvalue weighted by Crippen LogP contribution is -2.15. The summed E-state index contributed by atoms with van der Waals surface area (Å²) in [5.74, 6) is -0.629. The van der Waals surface area contributed by atoms with Gasteiger partial charge in [-0.3, -0.25) is 24.7 Å². The Morgan fingerprint density at radius 1 is 1.13 bits per heavy atom. The highest BCUT2D eigenvalue weighted by Gasteiger charge is 2.22. The monoisotopic (exact) mass is 437 g/mol. The molecule has 9 nitrogen and oxygen atoms in total. The average Bonchev–Trinajstić information content (AvgIpc) is 3.42. The zero-order chi connectivity index (χ0) is 22.3. The smallest absolute Gasteiger partial charge is 0.275 e. The number of H-pyrrole nitrogens is 1.